The van der Waals surface area contributed by atoms with Crippen LogP contribution in [0.4, 0.5) is 0 Å². The molecule has 0 aromatic rings. The van der Waals surface area contributed by atoms with Crippen LogP contribution in [0.2, 0.25) is 0 Å². The number of ketones is 1. The van der Waals surface area contributed by atoms with Gasteiger partial charge in [0, 0.05) is 24.9 Å². The first kappa shape index (κ1) is 22.1. The second kappa shape index (κ2) is 7.97. The van der Waals surface area contributed by atoms with E-state index >= 15 is 0 Å². The average Bonchev–Trinajstić information content (AvgIpc) is 3.10. The summed E-state index contributed by atoms with van der Waals surface area (Å²) in [5, 5.41) is 10.3. The number of allylic oxidation sites excluding steroid dienone is 2. The summed E-state index contributed by atoms with van der Waals surface area (Å²) in [5.74, 6) is 4.74. The summed E-state index contributed by atoms with van der Waals surface area (Å²) in [7, 11) is 2.35. The molecule has 3 saturated carbocycles. The number of aliphatic hydroxyl groups excluding tert-OH is 1. The van der Waals surface area contributed by atoms with E-state index in [0.717, 1.165) is 43.1 Å². The third-order valence-corrected chi connectivity index (χ3v) is 11.1. The number of fused-ring (bicyclic) bond motifs is 5. The SMILES string of the molecule is CC1=C2C[C@H]3[C@@H](CC(=O)[C@H]4C[C@@H](O)CC[C@@]43C)[C@@H]2CC[C@H]1[C@@H](C)[C@@H]1CC[C@H](C)CN1C. The minimum absolute atomic E-state index is 0.103. The number of piperidine rings is 1. The summed E-state index contributed by atoms with van der Waals surface area (Å²) in [5.41, 5.74) is 3.57. The van der Waals surface area contributed by atoms with Crippen LogP contribution in [0.3, 0.4) is 0 Å². The molecular weight excluding hydrogens is 382 g/mol. The van der Waals surface area contributed by atoms with Crippen molar-refractivity contribution < 1.29 is 9.90 Å². The molecule has 3 heteroatoms. The molecule has 1 N–H and O–H groups in total. The van der Waals surface area contributed by atoms with Gasteiger partial charge in [-0.05, 0) is 106 Å². The van der Waals surface area contributed by atoms with Crippen LogP contribution in [0, 0.1) is 46.8 Å². The standard InChI is InChI=1S/C28H45NO2/c1-16-6-9-26(29(5)15-16)18(3)20-7-8-21-22(17(20)2)13-24-23(21)14-27(31)25-12-19(30)10-11-28(24,25)4/h16,18-21,23-26,30H,6-15H2,1-5H3/t16-,18+,19-,20+,21+,23-,24-,25+,26-,28+/m0/s1. The van der Waals surface area contributed by atoms with Crippen LogP contribution in [0.1, 0.15) is 85.5 Å². The number of carbonyl (C=O) groups excluding carboxylic acids is 1. The molecule has 0 amide bonds. The number of likely N-dealkylation sites (tertiary alicyclic amines) is 1. The number of hydrogen-bond acceptors (Lipinski definition) is 3. The van der Waals surface area contributed by atoms with E-state index in [2.05, 4.69) is 39.6 Å². The van der Waals surface area contributed by atoms with Gasteiger partial charge in [-0.3, -0.25) is 4.79 Å². The molecule has 0 spiro atoms. The van der Waals surface area contributed by atoms with Crippen LogP contribution in [0.15, 0.2) is 11.1 Å². The van der Waals surface area contributed by atoms with Crippen molar-refractivity contribution in [2.45, 2.75) is 97.6 Å². The molecule has 4 aliphatic carbocycles. The lowest BCUT2D eigenvalue weighted by Crippen LogP contribution is -2.51. The molecule has 31 heavy (non-hydrogen) atoms. The first-order chi connectivity index (χ1) is 14.7. The van der Waals surface area contributed by atoms with Crippen LogP contribution in [-0.2, 0) is 4.79 Å². The Kier molecular flexibility index (Phi) is 5.70. The number of carbonyl (C=O) groups is 1. The number of aliphatic hydroxyl groups is 1. The lowest BCUT2D eigenvalue weighted by Gasteiger charge is -2.52. The maximum Gasteiger partial charge on any atom is 0.136 e. The van der Waals surface area contributed by atoms with Gasteiger partial charge in [0.2, 0.25) is 0 Å². The minimum Gasteiger partial charge on any atom is -0.393 e. The smallest absolute Gasteiger partial charge is 0.136 e. The van der Waals surface area contributed by atoms with Crippen molar-refractivity contribution >= 4 is 5.78 Å². The highest BCUT2D eigenvalue weighted by atomic mass is 16.3. The normalized spacial score (nSPS) is 49.4. The Labute approximate surface area is 190 Å². The average molecular weight is 428 g/mol. The van der Waals surface area contributed by atoms with Gasteiger partial charge in [0.1, 0.15) is 5.78 Å². The fourth-order valence-electron chi connectivity index (χ4n) is 9.35. The Morgan fingerprint density at radius 3 is 2.65 bits per heavy atom. The van der Waals surface area contributed by atoms with E-state index in [1.54, 1.807) is 11.1 Å². The van der Waals surface area contributed by atoms with E-state index in [0.29, 0.717) is 30.0 Å². The number of Topliss-reactive ketones (excluding diaryl/α,β-unsaturated/α-hetero) is 1. The molecule has 0 unspecified atom stereocenters. The van der Waals surface area contributed by atoms with Gasteiger partial charge >= 0.3 is 0 Å². The van der Waals surface area contributed by atoms with E-state index in [4.69, 9.17) is 0 Å². The Morgan fingerprint density at radius 1 is 1.13 bits per heavy atom. The summed E-state index contributed by atoms with van der Waals surface area (Å²) in [6.45, 7) is 11.0. The van der Waals surface area contributed by atoms with E-state index < -0.39 is 0 Å². The van der Waals surface area contributed by atoms with Gasteiger partial charge in [-0.15, -0.1) is 0 Å². The van der Waals surface area contributed by atoms with Crippen LogP contribution in [0.25, 0.3) is 0 Å². The summed E-state index contributed by atoms with van der Waals surface area (Å²) in [6.07, 6.45) is 9.74. The Morgan fingerprint density at radius 2 is 1.90 bits per heavy atom. The van der Waals surface area contributed by atoms with Gasteiger partial charge in [-0.25, -0.2) is 0 Å². The molecule has 3 nitrogen and oxygen atoms in total. The van der Waals surface area contributed by atoms with Crippen molar-refractivity contribution in [3.8, 4) is 0 Å². The van der Waals surface area contributed by atoms with E-state index in [1.807, 2.05) is 0 Å². The summed E-state index contributed by atoms with van der Waals surface area (Å²) >= 11 is 0. The fourth-order valence-corrected chi connectivity index (χ4v) is 9.35. The highest BCUT2D eigenvalue weighted by Gasteiger charge is 2.59. The molecule has 0 aromatic carbocycles. The lowest BCUT2D eigenvalue weighted by atomic mass is 9.51. The summed E-state index contributed by atoms with van der Waals surface area (Å²) in [4.78, 5) is 15.8. The Bertz CT molecular complexity index is 758. The molecule has 1 heterocycles. The van der Waals surface area contributed by atoms with Gasteiger partial charge in [-0.1, -0.05) is 31.9 Å². The molecule has 5 aliphatic rings. The monoisotopic (exact) mass is 427 g/mol. The Balaban J connectivity index is 1.40. The van der Waals surface area contributed by atoms with E-state index in [-0.39, 0.29) is 17.4 Å². The number of hydrogen-bond donors (Lipinski definition) is 1. The van der Waals surface area contributed by atoms with Crippen molar-refractivity contribution in [3.63, 3.8) is 0 Å². The van der Waals surface area contributed by atoms with Crippen LogP contribution in [0.5, 0.6) is 0 Å². The molecule has 0 aromatic heterocycles. The quantitative estimate of drug-likeness (QED) is 0.594. The molecule has 0 bridgehead atoms. The number of rotatable bonds is 2. The topological polar surface area (TPSA) is 40.5 Å². The van der Waals surface area contributed by atoms with Crippen LogP contribution >= 0.6 is 0 Å². The van der Waals surface area contributed by atoms with Crippen molar-refractivity contribution in [2.24, 2.45) is 46.8 Å². The van der Waals surface area contributed by atoms with Gasteiger partial charge < -0.3 is 10.0 Å². The molecule has 0 radical (unpaired) electrons. The van der Waals surface area contributed by atoms with Crippen LogP contribution in [-0.4, -0.2) is 41.5 Å². The first-order valence-corrected chi connectivity index (χ1v) is 13.3. The van der Waals surface area contributed by atoms with Crippen molar-refractivity contribution in [1.29, 1.82) is 0 Å². The second-order valence-electron chi connectivity index (χ2n) is 12.7. The summed E-state index contributed by atoms with van der Waals surface area (Å²) < 4.78 is 0. The highest BCUT2D eigenvalue weighted by Crippen LogP contribution is 2.64. The lowest BCUT2D eigenvalue weighted by molar-refractivity contribution is -0.145. The second-order valence-corrected chi connectivity index (χ2v) is 12.7. The van der Waals surface area contributed by atoms with Gasteiger partial charge in [0.05, 0.1) is 6.10 Å². The molecule has 174 valence electrons. The zero-order valence-corrected chi connectivity index (χ0v) is 20.6. The van der Waals surface area contributed by atoms with Crippen molar-refractivity contribution in [3.05, 3.63) is 11.1 Å². The largest absolute Gasteiger partial charge is 0.393 e. The van der Waals surface area contributed by atoms with Crippen LogP contribution < -0.4 is 0 Å². The molecular formula is C28H45NO2. The Hall–Kier alpha value is -0.670. The molecule has 1 saturated heterocycles. The third-order valence-electron chi connectivity index (χ3n) is 11.1. The van der Waals surface area contributed by atoms with Crippen molar-refractivity contribution in [1.82, 2.24) is 4.90 Å². The summed E-state index contributed by atoms with van der Waals surface area (Å²) in [6, 6.07) is 0.722. The highest BCUT2D eigenvalue weighted by molar-refractivity contribution is 5.83. The molecule has 5 rings (SSSR count). The van der Waals surface area contributed by atoms with Crippen molar-refractivity contribution in [2.75, 3.05) is 13.6 Å². The zero-order chi connectivity index (χ0) is 22.1. The number of nitrogens with zero attached hydrogens (tertiary/aromatic N) is 1. The van der Waals surface area contributed by atoms with Gasteiger partial charge in [-0.2, -0.15) is 0 Å². The van der Waals surface area contributed by atoms with Gasteiger partial charge in [0.25, 0.3) is 0 Å². The maximum atomic E-state index is 13.2. The zero-order valence-electron chi connectivity index (χ0n) is 20.6. The predicted octanol–water partition coefficient (Wildman–Crippen LogP) is 5.47. The predicted molar refractivity (Wildman–Crippen MR) is 126 cm³/mol. The molecule has 10 atom stereocenters. The fraction of sp³-hybridized carbons (Fsp3) is 0.893. The maximum absolute atomic E-state index is 13.2. The van der Waals surface area contributed by atoms with E-state index in [9.17, 15) is 9.90 Å². The van der Waals surface area contributed by atoms with E-state index in [1.165, 1.54) is 38.6 Å². The first-order valence-electron chi connectivity index (χ1n) is 13.3. The molecule has 1 aliphatic heterocycles. The third kappa shape index (κ3) is 3.48. The minimum atomic E-state index is -0.261. The van der Waals surface area contributed by atoms with Gasteiger partial charge in [0.15, 0.2) is 0 Å². The molecule has 4 fully saturated rings.